The summed E-state index contributed by atoms with van der Waals surface area (Å²) in [4.78, 5) is 0. The molecular formula is C9H6BrFO2. The molecule has 0 saturated carbocycles. The molecule has 0 aliphatic heterocycles. The summed E-state index contributed by atoms with van der Waals surface area (Å²) in [5.74, 6) is -0.0592. The minimum absolute atomic E-state index is 0.187. The van der Waals surface area contributed by atoms with Gasteiger partial charge < -0.3 is 9.52 Å². The molecule has 0 aliphatic rings. The van der Waals surface area contributed by atoms with Crippen molar-refractivity contribution in [1.29, 1.82) is 0 Å². The maximum atomic E-state index is 13.2. The third-order valence-electron chi connectivity index (χ3n) is 1.74. The van der Waals surface area contributed by atoms with Gasteiger partial charge in [-0.1, -0.05) is 15.9 Å². The van der Waals surface area contributed by atoms with E-state index in [4.69, 9.17) is 9.52 Å². The molecule has 0 unspecified atom stereocenters. The van der Waals surface area contributed by atoms with Crippen LogP contribution in [0.5, 0.6) is 0 Å². The quantitative estimate of drug-likeness (QED) is 0.837. The molecule has 0 saturated heterocycles. The lowest BCUT2D eigenvalue weighted by molar-refractivity contribution is 0.250. The van der Waals surface area contributed by atoms with Crippen molar-refractivity contribution in [3.05, 3.63) is 34.2 Å². The first-order chi connectivity index (χ1) is 6.20. The van der Waals surface area contributed by atoms with Crippen LogP contribution in [0, 0.1) is 5.82 Å². The molecule has 4 heteroatoms. The fraction of sp³-hybridized carbons (Fsp3) is 0.111. The lowest BCUT2D eigenvalue weighted by Crippen LogP contribution is -1.74. The van der Waals surface area contributed by atoms with Gasteiger partial charge in [0.15, 0.2) is 11.4 Å². The Labute approximate surface area is 82.1 Å². The Bertz CT molecular complexity index is 450. The summed E-state index contributed by atoms with van der Waals surface area (Å²) in [7, 11) is 0. The number of fused-ring (bicyclic) bond motifs is 1. The number of hydrogen-bond acceptors (Lipinski definition) is 2. The smallest absolute Gasteiger partial charge is 0.170 e. The predicted octanol–water partition coefficient (Wildman–Crippen LogP) is 2.83. The van der Waals surface area contributed by atoms with Gasteiger partial charge in [-0.3, -0.25) is 0 Å². The summed E-state index contributed by atoms with van der Waals surface area (Å²) in [5.41, 5.74) is 0.187. The minimum Gasteiger partial charge on any atom is -0.456 e. The van der Waals surface area contributed by atoms with Gasteiger partial charge in [-0.05, 0) is 18.2 Å². The zero-order chi connectivity index (χ0) is 9.42. The summed E-state index contributed by atoms with van der Waals surface area (Å²) < 4.78 is 18.9. The SMILES string of the molecule is OCc1cc2cc(Br)cc(F)c2o1. The van der Waals surface area contributed by atoms with Crippen LogP contribution in [0.3, 0.4) is 0 Å². The van der Waals surface area contributed by atoms with Gasteiger partial charge in [-0.25, -0.2) is 4.39 Å². The average Bonchev–Trinajstić information content (AvgIpc) is 2.47. The summed E-state index contributed by atoms with van der Waals surface area (Å²) in [6.45, 7) is -0.217. The third-order valence-corrected chi connectivity index (χ3v) is 2.20. The van der Waals surface area contributed by atoms with Gasteiger partial charge in [0.05, 0.1) is 0 Å². The molecule has 0 aliphatic carbocycles. The number of halogens is 2. The highest BCUT2D eigenvalue weighted by atomic mass is 79.9. The molecular weight excluding hydrogens is 239 g/mol. The third kappa shape index (κ3) is 1.47. The predicted molar refractivity (Wildman–Crippen MR) is 49.8 cm³/mol. The molecule has 0 atom stereocenters. The molecule has 13 heavy (non-hydrogen) atoms. The largest absolute Gasteiger partial charge is 0.456 e. The van der Waals surface area contributed by atoms with Gasteiger partial charge in [-0.15, -0.1) is 0 Å². The molecule has 2 aromatic rings. The van der Waals surface area contributed by atoms with E-state index in [1.807, 2.05) is 0 Å². The second kappa shape index (κ2) is 3.12. The summed E-state index contributed by atoms with van der Waals surface area (Å²) >= 11 is 3.17. The van der Waals surface area contributed by atoms with Crippen molar-refractivity contribution in [2.75, 3.05) is 0 Å². The van der Waals surface area contributed by atoms with Gasteiger partial charge >= 0.3 is 0 Å². The van der Waals surface area contributed by atoms with E-state index in [9.17, 15) is 4.39 Å². The van der Waals surface area contributed by atoms with Gasteiger partial charge in [-0.2, -0.15) is 0 Å². The molecule has 0 fully saturated rings. The highest BCUT2D eigenvalue weighted by Crippen LogP contribution is 2.26. The molecule has 1 aromatic carbocycles. The first-order valence-corrected chi connectivity index (χ1v) is 4.48. The Balaban J connectivity index is 2.75. The Kier molecular flexibility index (Phi) is 2.09. The molecule has 0 amide bonds. The van der Waals surface area contributed by atoms with Crippen LogP contribution < -0.4 is 0 Å². The van der Waals surface area contributed by atoms with E-state index in [1.54, 1.807) is 12.1 Å². The first kappa shape index (κ1) is 8.72. The monoisotopic (exact) mass is 244 g/mol. The zero-order valence-electron chi connectivity index (χ0n) is 6.55. The number of hydrogen-bond donors (Lipinski definition) is 1. The molecule has 1 aromatic heterocycles. The number of aliphatic hydroxyl groups excluding tert-OH is 1. The van der Waals surface area contributed by atoms with E-state index in [2.05, 4.69) is 15.9 Å². The Morgan fingerprint density at radius 1 is 1.38 bits per heavy atom. The number of rotatable bonds is 1. The van der Waals surface area contributed by atoms with Gasteiger partial charge in [0.2, 0.25) is 0 Å². The van der Waals surface area contributed by atoms with Crippen LogP contribution in [0.2, 0.25) is 0 Å². The van der Waals surface area contributed by atoms with E-state index >= 15 is 0 Å². The van der Waals surface area contributed by atoms with Gasteiger partial charge in [0.1, 0.15) is 12.4 Å². The summed E-state index contributed by atoms with van der Waals surface area (Å²) in [5, 5.41) is 9.42. The van der Waals surface area contributed by atoms with Crippen molar-refractivity contribution in [1.82, 2.24) is 0 Å². The van der Waals surface area contributed by atoms with Gasteiger partial charge in [0, 0.05) is 9.86 Å². The molecule has 1 N–H and O–H groups in total. The highest BCUT2D eigenvalue weighted by molar-refractivity contribution is 9.10. The average molecular weight is 245 g/mol. The van der Waals surface area contributed by atoms with E-state index in [1.165, 1.54) is 6.07 Å². The van der Waals surface area contributed by atoms with Crippen molar-refractivity contribution in [3.63, 3.8) is 0 Å². The molecule has 68 valence electrons. The maximum Gasteiger partial charge on any atom is 0.170 e. The standard InChI is InChI=1S/C9H6BrFO2/c10-6-1-5-2-7(4-12)13-9(5)8(11)3-6/h1-3,12H,4H2. The normalized spacial score (nSPS) is 11.0. The van der Waals surface area contributed by atoms with Crippen LogP contribution in [-0.2, 0) is 6.61 Å². The second-order valence-electron chi connectivity index (χ2n) is 2.68. The summed E-state index contributed by atoms with van der Waals surface area (Å²) in [6, 6.07) is 4.68. The molecule has 1 heterocycles. The van der Waals surface area contributed by atoms with Crippen LogP contribution in [0.15, 0.2) is 27.1 Å². The minimum atomic E-state index is -0.427. The number of furan rings is 1. The molecule has 0 radical (unpaired) electrons. The van der Waals surface area contributed by atoms with Crippen molar-refractivity contribution in [3.8, 4) is 0 Å². The molecule has 0 spiro atoms. The van der Waals surface area contributed by atoms with Crippen molar-refractivity contribution >= 4 is 26.9 Å². The van der Waals surface area contributed by atoms with Crippen molar-refractivity contribution in [2.24, 2.45) is 0 Å². The van der Waals surface area contributed by atoms with Crippen LogP contribution in [0.1, 0.15) is 5.76 Å². The lowest BCUT2D eigenvalue weighted by Gasteiger charge is -1.92. The Morgan fingerprint density at radius 3 is 2.85 bits per heavy atom. The van der Waals surface area contributed by atoms with E-state index in [0.29, 0.717) is 15.6 Å². The summed E-state index contributed by atoms with van der Waals surface area (Å²) in [6.07, 6.45) is 0. The second-order valence-corrected chi connectivity index (χ2v) is 3.59. The number of aliphatic hydroxyl groups is 1. The van der Waals surface area contributed by atoms with E-state index in [-0.39, 0.29) is 12.2 Å². The Hall–Kier alpha value is -0.870. The zero-order valence-corrected chi connectivity index (χ0v) is 8.14. The molecule has 2 rings (SSSR count). The van der Waals surface area contributed by atoms with Crippen molar-refractivity contribution < 1.29 is 13.9 Å². The topological polar surface area (TPSA) is 33.4 Å². The maximum absolute atomic E-state index is 13.2. The van der Waals surface area contributed by atoms with E-state index < -0.39 is 5.82 Å². The van der Waals surface area contributed by atoms with Crippen LogP contribution >= 0.6 is 15.9 Å². The van der Waals surface area contributed by atoms with Crippen LogP contribution in [0.25, 0.3) is 11.0 Å². The van der Waals surface area contributed by atoms with Crippen LogP contribution in [-0.4, -0.2) is 5.11 Å². The fourth-order valence-corrected chi connectivity index (χ4v) is 1.65. The first-order valence-electron chi connectivity index (χ1n) is 3.69. The van der Waals surface area contributed by atoms with Gasteiger partial charge in [0.25, 0.3) is 0 Å². The number of benzene rings is 1. The van der Waals surface area contributed by atoms with Crippen molar-refractivity contribution in [2.45, 2.75) is 6.61 Å². The van der Waals surface area contributed by atoms with Crippen LogP contribution in [0.4, 0.5) is 4.39 Å². The molecule has 0 bridgehead atoms. The van der Waals surface area contributed by atoms with E-state index in [0.717, 1.165) is 0 Å². The fourth-order valence-electron chi connectivity index (χ4n) is 1.21. The molecule has 2 nitrogen and oxygen atoms in total. The Morgan fingerprint density at radius 2 is 2.15 bits per heavy atom. The highest BCUT2D eigenvalue weighted by Gasteiger charge is 2.08. The lowest BCUT2D eigenvalue weighted by atomic mass is 10.2.